The van der Waals surface area contributed by atoms with Crippen LogP contribution in [0, 0.1) is 10.1 Å². The third kappa shape index (κ3) is 2.58. The molecule has 2 rings (SSSR count). The number of benzene rings is 1. The van der Waals surface area contributed by atoms with Crippen molar-refractivity contribution >= 4 is 23.5 Å². The smallest absolute Gasteiger partial charge is 0.306 e. The van der Waals surface area contributed by atoms with Gasteiger partial charge >= 0.3 is 5.97 Å². The second-order valence-corrected chi connectivity index (χ2v) is 4.43. The van der Waals surface area contributed by atoms with E-state index in [2.05, 4.69) is 0 Å². The van der Waals surface area contributed by atoms with Crippen LogP contribution in [0.25, 0.3) is 0 Å². The van der Waals surface area contributed by atoms with Gasteiger partial charge in [-0.1, -0.05) is 6.07 Å². The average molecular weight is 294 g/mol. The van der Waals surface area contributed by atoms with E-state index in [1.165, 1.54) is 12.1 Å². The quantitative estimate of drug-likeness (QED) is 0.443. The number of β-amino-alcohol motifs (C(OH)–C–C–N with tert-alkyl or cyclic N) is 1. The molecule has 0 fully saturated rings. The van der Waals surface area contributed by atoms with Gasteiger partial charge in [-0.3, -0.25) is 29.4 Å². The van der Waals surface area contributed by atoms with Crippen molar-refractivity contribution in [3.8, 4) is 0 Å². The first-order chi connectivity index (χ1) is 9.82. The molecule has 0 saturated heterocycles. The van der Waals surface area contributed by atoms with E-state index in [4.69, 9.17) is 5.11 Å². The van der Waals surface area contributed by atoms with Gasteiger partial charge in [0.1, 0.15) is 5.56 Å². The Morgan fingerprint density at radius 2 is 2.00 bits per heavy atom. The van der Waals surface area contributed by atoms with Gasteiger partial charge in [-0.05, 0) is 6.07 Å². The van der Waals surface area contributed by atoms with Crippen molar-refractivity contribution in [2.75, 3.05) is 6.54 Å². The average Bonchev–Trinajstić information content (AvgIpc) is 2.63. The van der Waals surface area contributed by atoms with Crippen LogP contribution in [0.2, 0.25) is 0 Å². The molecule has 0 saturated carbocycles. The molecule has 1 aliphatic rings. The number of fused-ring (bicyclic) bond motifs is 1. The van der Waals surface area contributed by atoms with Crippen LogP contribution in [0.15, 0.2) is 18.2 Å². The zero-order valence-electron chi connectivity index (χ0n) is 10.6. The molecule has 9 nitrogen and oxygen atoms in total. The van der Waals surface area contributed by atoms with Gasteiger partial charge in [-0.2, -0.15) is 0 Å². The molecule has 0 bridgehead atoms. The molecule has 110 valence electrons. The van der Waals surface area contributed by atoms with Crippen LogP contribution >= 0.6 is 0 Å². The highest BCUT2D eigenvalue weighted by Crippen LogP contribution is 2.30. The van der Waals surface area contributed by atoms with E-state index in [1.807, 2.05) is 0 Å². The first-order valence-corrected chi connectivity index (χ1v) is 5.86. The van der Waals surface area contributed by atoms with Crippen LogP contribution in [0.5, 0.6) is 0 Å². The van der Waals surface area contributed by atoms with Crippen molar-refractivity contribution in [2.24, 2.45) is 0 Å². The number of hydrogen-bond donors (Lipinski definition) is 2. The first kappa shape index (κ1) is 14.6. The monoisotopic (exact) mass is 294 g/mol. The van der Waals surface area contributed by atoms with E-state index in [9.17, 15) is 29.6 Å². The van der Waals surface area contributed by atoms with Crippen LogP contribution < -0.4 is 0 Å². The Bertz CT molecular complexity index is 655. The van der Waals surface area contributed by atoms with E-state index >= 15 is 0 Å². The predicted octanol–water partition coefficient (Wildman–Crippen LogP) is 0.0264. The van der Waals surface area contributed by atoms with Gasteiger partial charge in [0, 0.05) is 6.07 Å². The van der Waals surface area contributed by atoms with Crippen LogP contribution in [0.4, 0.5) is 5.69 Å². The molecular weight excluding hydrogens is 284 g/mol. The number of nitro groups is 1. The van der Waals surface area contributed by atoms with Gasteiger partial charge < -0.3 is 10.2 Å². The van der Waals surface area contributed by atoms with Gasteiger partial charge in [0.25, 0.3) is 17.5 Å². The fourth-order valence-electron chi connectivity index (χ4n) is 2.11. The summed E-state index contributed by atoms with van der Waals surface area (Å²) in [6.45, 7) is -0.532. The topological polar surface area (TPSA) is 138 Å². The summed E-state index contributed by atoms with van der Waals surface area (Å²) in [6.07, 6.45) is -2.08. The number of carboxylic acids is 1. The molecule has 1 aromatic carbocycles. The number of nitrogens with zero attached hydrogens (tertiary/aromatic N) is 2. The molecular formula is C12H10N2O7. The summed E-state index contributed by atoms with van der Waals surface area (Å²) in [5, 5.41) is 28.9. The number of carbonyl (C=O) groups is 3. The molecule has 0 aliphatic carbocycles. The second-order valence-electron chi connectivity index (χ2n) is 4.43. The summed E-state index contributed by atoms with van der Waals surface area (Å²) in [5.74, 6) is -2.99. The maximum absolute atomic E-state index is 12.1. The van der Waals surface area contributed by atoms with E-state index < -0.39 is 47.5 Å². The highest BCUT2D eigenvalue weighted by atomic mass is 16.6. The SMILES string of the molecule is O=C(O)CC(O)CN1C(=O)c2cccc([N+](=O)[O-])c2C1=O. The largest absolute Gasteiger partial charge is 0.481 e. The summed E-state index contributed by atoms with van der Waals surface area (Å²) in [7, 11) is 0. The zero-order chi connectivity index (χ0) is 15.7. The number of aliphatic carboxylic acids is 1. The van der Waals surface area contributed by atoms with E-state index in [0.717, 1.165) is 6.07 Å². The first-order valence-electron chi connectivity index (χ1n) is 5.86. The Kier molecular flexibility index (Phi) is 3.68. The summed E-state index contributed by atoms with van der Waals surface area (Å²) in [4.78, 5) is 45.3. The predicted molar refractivity (Wildman–Crippen MR) is 66.7 cm³/mol. The molecule has 2 amide bonds. The lowest BCUT2D eigenvalue weighted by atomic mass is 10.1. The van der Waals surface area contributed by atoms with Gasteiger partial charge in [-0.15, -0.1) is 0 Å². The van der Waals surface area contributed by atoms with Crippen LogP contribution in [-0.4, -0.2) is 50.5 Å². The molecule has 1 aliphatic heterocycles. The maximum Gasteiger partial charge on any atom is 0.306 e. The highest BCUT2D eigenvalue weighted by Gasteiger charge is 2.41. The zero-order valence-corrected chi connectivity index (χ0v) is 10.6. The van der Waals surface area contributed by atoms with Gasteiger partial charge in [0.05, 0.1) is 29.6 Å². The lowest BCUT2D eigenvalue weighted by Crippen LogP contribution is -2.37. The fourth-order valence-corrected chi connectivity index (χ4v) is 2.11. The van der Waals surface area contributed by atoms with Gasteiger partial charge in [0.2, 0.25) is 0 Å². The minimum Gasteiger partial charge on any atom is -0.481 e. The minimum absolute atomic E-state index is 0.128. The molecule has 0 radical (unpaired) electrons. The Balaban J connectivity index is 2.32. The number of aliphatic hydroxyl groups is 1. The third-order valence-corrected chi connectivity index (χ3v) is 2.98. The van der Waals surface area contributed by atoms with Crippen molar-refractivity contribution in [3.63, 3.8) is 0 Å². The molecule has 1 aromatic rings. The molecule has 0 aromatic heterocycles. The fraction of sp³-hybridized carbons (Fsp3) is 0.250. The number of carboxylic acid groups (broad SMARTS) is 1. The number of nitro benzene ring substituents is 1. The Morgan fingerprint density at radius 3 is 2.57 bits per heavy atom. The number of aliphatic hydroxyl groups excluding tert-OH is 1. The molecule has 1 heterocycles. The molecule has 1 atom stereocenters. The Labute approximate surface area is 117 Å². The summed E-state index contributed by atoms with van der Waals surface area (Å²) >= 11 is 0. The van der Waals surface area contributed by atoms with Crippen molar-refractivity contribution < 1.29 is 29.5 Å². The molecule has 21 heavy (non-hydrogen) atoms. The van der Waals surface area contributed by atoms with Crippen LogP contribution in [0.1, 0.15) is 27.1 Å². The van der Waals surface area contributed by atoms with Gasteiger partial charge in [-0.25, -0.2) is 0 Å². The number of rotatable bonds is 5. The molecule has 0 spiro atoms. The lowest BCUT2D eigenvalue weighted by Gasteiger charge is -2.16. The van der Waals surface area contributed by atoms with Crippen LogP contribution in [0.3, 0.4) is 0 Å². The number of imide groups is 1. The number of amides is 2. The van der Waals surface area contributed by atoms with Crippen LogP contribution in [-0.2, 0) is 4.79 Å². The van der Waals surface area contributed by atoms with E-state index in [-0.39, 0.29) is 11.1 Å². The molecule has 9 heteroatoms. The summed E-state index contributed by atoms with van der Waals surface area (Å²) < 4.78 is 0. The Morgan fingerprint density at radius 1 is 1.33 bits per heavy atom. The standard InChI is InChI=1S/C12H10N2O7/c15-6(4-9(16)17)5-13-11(18)7-2-1-3-8(14(20)21)10(7)12(13)19/h1-3,6,15H,4-5H2,(H,16,17). The number of hydrogen-bond acceptors (Lipinski definition) is 6. The van der Waals surface area contributed by atoms with Gasteiger partial charge in [0.15, 0.2) is 0 Å². The highest BCUT2D eigenvalue weighted by molar-refractivity contribution is 6.23. The Hall–Kier alpha value is -2.81. The minimum atomic E-state index is -1.44. The van der Waals surface area contributed by atoms with Crippen molar-refractivity contribution in [2.45, 2.75) is 12.5 Å². The van der Waals surface area contributed by atoms with Crippen molar-refractivity contribution in [3.05, 3.63) is 39.4 Å². The van der Waals surface area contributed by atoms with Crippen molar-refractivity contribution in [1.29, 1.82) is 0 Å². The third-order valence-electron chi connectivity index (χ3n) is 2.98. The normalized spacial score (nSPS) is 15.0. The summed E-state index contributed by atoms with van der Waals surface area (Å²) in [5.41, 5.74) is -0.965. The second kappa shape index (κ2) is 5.29. The molecule has 2 N–H and O–H groups in total. The summed E-state index contributed by atoms with van der Waals surface area (Å²) in [6, 6.07) is 3.65. The number of carbonyl (C=O) groups excluding carboxylic acids is 2. The van der Waals surface area contributed by atoms with E-state index in [1.54, 1.807) is 0 Å². The van der Waals surface area contributed by atoms with E-state index in [0.29, 0.717) is 4.90 Å². The van der Waals surface area contributed by atoms with Crippen molar-refractivity contribution in [1.82, 2.24) is 4.90 Å². The maximum atomic E-state index is 12.1. The molecule has 1 unspecified atom stereocenters. The lowest BCUT2D eigenvalue weighted by molar-refractivity contribution is -0.385.